The number of carboxylic acids is 1. The molecule has 6 heteroatoms. The number of aromatic nitrogens is 2. The Morgan fingerprint density at radius 2 is 2.40 bits per heavy atom. The first-order valence-corrected chi connectivity index (χ1v) is 4.73. The zero-order valence-electron chi connectivity index (χ0n) is 7.31. The van der Waals surface area contributed by atoms with Crippen LogP contribution in [0.5, 0.6) is 0 Å². The summed E-state index contributed by atoms with van der Waals surface area (Å²) in [7, 11) is 0. The first-order valence-electron chi connectivity index (χ1n) is 3.94. The van der Waals surface area contributed by atoms with Crippen molar-refractivity contribution in [3.8, 4) is 6.07 Å². The number of aromatic carboxylic acids is 1. The van der Waals surface area contributed by atoms with E-state index in [-0.39, 0.29) is 5.69 Å². The van der Waals surface area contributed by atoms with Crippen LogP contribution in [0.4, 0.5) is 0 Å². The first-order chi connectivity index (χ1) is 7.15. The minimum Gasteiger partial charge on any atom is -0.477 e. The second kappa shape index (κ2) is 3.37. The fourth-order valence-electron chi connectivity index (χ4n) is 1.29. The van der Waals surface area contributed by atoms with E-state index in [4.69, 9.17) is 10.4 Å². The molecule has 74 valence electrons. The van der Waals surface area contributed by atoms with Crippen LogP contribution < -0.4 is 0 Å². The molecule has 0 saturated carbocycles. The van der Waals surface area contributed by atoms with Crippen LogP contribution in [0, 0.1) is 11.3 Å². The Balaban J connectivity index is 2.88. The van der Waals surface area contributed by atoms with Gasteiger partial charge < -0.3 is 5.11 Å². The van der Waals surface area contributed by atoms with E-state index in [9.17, 15) is 4.79 Å². The third-order valence-electron chi connectivity index (χ3n) is 1.96. The number of nitrogens with zero attached hydrogens (tertiary/aromatic N) is 3. The number of hydrogen-bond acceptors (Lipinski definition) is 3. The van der Waals surface area contributed by atoms with E-state index in [1.807, 2.05) is 6.07 Å². The molecule has 0 atom stereocenters. The van der Waals surface area contributed by atoms with Crippen LogP contribution in [-0.4, -0.2) is 20.5 Å². The second-order valence-corrected chi connectivity index (χ2v) is 3.65. The van der Waals surface area contributed by atoms with Crippen molar-refractivity contribution >= 4 is 27.5 Å². The molecule has 5 nitrogen and oxygen atoms in total. The van der Waals surface area contributed by atoms with Crippen LogP contribution in [-0.2, 0) is 0 Å². The number of fused-ring (bicyclic) bond motifs is 1. The molecule has 15 heavy (non-hydrogen) atoms. The lowest BCUT2D eigenvalue weighted by Gasteiger charge is -1.99. The lowest BCUT2D eigenvalue weighted by Crippen LogP contribution is -2.01. The van der Waals surface area contributed by atoms with Gasteiger partial charge in [-0.2, -0.15) is 5.26 Å². The molecule has 1 N–H and O–H groups in total. The van der Waals surface area contributed by atoms with Gasteiger partial charge in [0.25, 0.3) is 0 Å². The number of hydrogen-bond donors (Lipinski definition) is 1. The molecule has 0 aliphatic heterocycles. The van der Waals surface area contributed by atoms with E-state index >= 15 is 0 Å². The molecule has 0 fully saturated rings. The molecule has 2 rings (SSSR count). The highest BCUT2D eigenvalue weighted by Crippen LogP contribution is 2.20. The molecular weight excluding hydrogens is 262 g/mol. The summed E-state index contributed by atoms with van der Waals surface area (Å²) >= 11 is 3.20. The van der Waals surface area contributed by atoms with Crippen molar-refractivity contribution in [3.05, 3.63) is 34.2 Å². The molecule has 2 aromatic heterocycles. The van der Waals surface area contributed by atoms with E-state index in [1.54, 1.807) is 12.3 Å². The lowest BCUT2D eigenvalue weighted by molar-refractivity contribution is 0.0689. The maximum atomic E-state index is 10.8. The molecule has 0 spiro atoms. The highest BCUT2D eigenvalue weighted by Gasteiger charge is 2.14. The molecule has 2 aromatic rings. The molecule has 0 unspecified atom stereocenters. The number of carboxylic acid groups (broad SMARTS) is 1. The average molecular weight is 266 g/mol. The second-order valence-electron chi connectivity index (χ2n) is 2.79. The minimum absolute atomic E-state index is 0.0361. The molecule has 0 saturated heterocycles. The Kier molecular flexibility index (Phi) is 2.17. The summed E-state index contributed by atoms with van der Waals surface area (Å²) in [6, 6.07) is 3.58. The van der Waals surface area contributed by atoms with Gasteiger partial charge in [-0.15, -0.1) is 0 Å². The van der Waals surface area contributed by atoms with Crippen LogP contribution in [0.1, 0.15) is 16.1 Å². The Labute approximate surface area is 92.7 Å². The van der Waals surface area contributed by atoms with Crippen LogP contribution in [0.2, 0.25) is 0 Å². The number of carbonyl (C=O) groups is 1. The molecule has 2 heterocycles. The number of nitriles is 1. The largest absolute Gasteiger partial charge is 0.477 e. The van der Waals surface area contributed by atoms with Crippen molar-refractivity contribution in [1.29, 1.82) is 5.26 Å². The van der Waals surface area contributed by atoms with Gasteiger partial charge in [0.05, 0.1) is 6.20 Å². The third kappa shape index (κ3) is 1.37. The summed E-state index contributed by atoms with van der Waals surface area (Å²) in [4.78, 5) is 14.7. The smallest absolute Gasteiger partial charge is 0.354 e. The van der Waals surface area contributed by atoms with Gasteiger partial charge >= 0.3 is 5.97 Å². The Morgan fingerprint density at radius 3 is 3.00 bits per heavy atom. The number of rotatable bonds is 1. The Hall–Kier alpha value is -1.87. The van der Waals surface area contributed by atoms with Crippen molar-refractivity contribution in [1.82, 2.24) is 9.38 Å². The monoisotopic (exact) mass is 265 g/mol. The highest BCUT2D eigenvalue weighted by molar-refractivity contribution is 9.10. The molecule has 0 radical (unpaired) electrons. The van der Waals surface area contributed by atoms with Crippen LogP contribution in [0.25, 0.3) is 5.65 Å². The fraction of sp³-hybridized carbons (Fsp3) is 0. The van der Waals surface area contributed by atoms with E-state index in [0.717, 1.165) is 0 Å². The van der Waals surface area contributed by atoms with Gasteiger partial charge in [0, 0.05) is 10.7 Å². The summed E-state index contributed by atoms with van der Waals surface area (Å²) in [5, 5.41) is 17.7. The van der Waals surface area contributed by atoms with Crippen molar-refractivity contribution < 1.29 is 9.90 Å². The minimum atomic E-state index is -1.08. The summed E-state index contributed by atoms with van der Waals surface area (Å²) in [6.07, 6.45) is 2.78. The molecule has 0 amide bonds. The normalized spacial score (nSPS) is 10.1. The zero-order chi connectivity index (χ0) is 11.0. The third-order valence-corrected chi connectivity index (χ3v) is 2.62. The number of pyridine rings is 1. The topological polar surface area (TPSA) is 78.4 Å². The lowest BCUT2D eigenvalue weighted by atomic mass is 10.3. The van der Waals surface area contributed by atoms with Gasteiger partial charge in [-0.05, 0) is 22.0 Å². The van der Waals surface area contributed by atoms with E-state index in [2.05, 4.69) is 20.9 Å². The van der Waals surface area contributed by atoms with Crippen molar-refractivity contribution in [3.63, 3.8) is 0 Å². The fourth-order valence-corrected chi connectivity index (χ4v) is 1.67. The summed E-state index contributed by atoms with van der Waals surface area (Å²) in [5.74, 6) is -1.08. The summed E-state index contributed by atoms with van der Waals surface area (Å²) in [6.45, 7) is 0. The van der Waals surface area contributed by atoms with Gasteiger partial charge in [-0.25, -0.2) is 9.78 Å². The number of imidazole rings is 1. The highest BCUT2D eigenvalue weighted by atomic mass is 79.9. The van der Waals surface area contributed by atoms with Gasteiger partial charge in [0.15, 0.2) is 11.3 Å². The van der Waals surface area contributed by atoms with Crippen LogP contribution >= 0.6 is 15.9 Å². The predicted molar refractivity (Wildman–Crippen MR) is 54.6 cm³/mol. The number of halogens is 1. The standard InChI is InChI=1S/C9H4BrN3O2/c10-6-1-2-13-7(9(14)15)4-12-8(13)5(6)3-11/h1-2,4H,(H,14,15). The predicted octanol–water partition coefficient (Wildman–Crippen LogP) is 1.67. The summed E-state index contributed by atoms with van der Waals surface area (Å²) in [5.41, 5.74) is 0.697. The van der Waals surface area contributed by atoms with Crippen molar-refractivity contribution in [2.24, 2.45) is 0 Å². The maximum Gasteiger partial charge on any atom is 0.354 e. The molecule has 0 bridgehead atoms. The van der Waals surface area contributed by atoms with E-state index in [1.165, 1.54) is 10.6 Å². The molecule has 0 aliphatic carbocycles. The maximum absolute atomic E-state index is 10.8. The van der Waals surface area contributed by atoms with Crippen LogP contribution in [0.3, 0.4) is 0 Å². The van der Waals surface area contributed by atoms with Gasteiger partial charge in [-0.3, -0.25) is 4.40 Å². The molecular formula is C9H4BrN3O2. The average Bonchev–Trinajstić information content (AvgIpc) is 2.61. The zero-order valence-corrected chi connectivity index (χ0v) is 8.89. The van der Waals surface area contributed by atoms with Gasteiger partial charge in [-0.1, -0.05) is 0 Å². The van der Waals surface area contributed by atoms with Gasteiger partial charge in [0.2, 0.25) is 0 Å². The van der Waals surface area contributed by atoms with E-state index < -0.39 is 5.97 Å². The quantitative estimate of drug-likeness (QED) is 0.851. The Morgan fingerprint density at radius 1 is 1.67 bits per heavy atom. The molecule has 0 aromatic carbocycles. The van der Waals surface area contributed by atoms with Crippen LogP contribution in [0.15, 0.2) is 22.9 Å². The van der Waals surface area contributed by atoms with Crippen molar-refractivity contribution in [2.45, 2.75) is 0 Å². The van der Waals surface area contributed by atoms with E-state index in [0.29, 0.717) is 15.7 Å². The summed E-state index contributed by atoms with van der Waals surface area (Å²) < 4.78 is 1.96. The molecule has 0 aliphatic rings. The SMILES string of the molecule is N#Cc1c(Br)ccn2c(C(=O)O)cnc12. The van der Waals surface area contributed by atoms with Gasteiger partial charge in [0.1, 0.15) is 11.6 Å². The first kappa shape index (κ1) is 9.68. The Bertz CT molecular complexity index is 597. The van der Waals surface area contributed by atoms with Crippen molar-refractivity contribution in [2.75, 3.05) is 0 Å².